The summed E-state index contributed by atoms with van der Waals surface area (Å²) < 4.78 is 18.8. The van der Waals surface area contributed by atoms with Crippen molar-refractivity contribution in [1.29, 1.82) is 0 Å². The van der Waals surface area contributed by atoms with Crippen LogP contribution >= 0.6 is 23.2 Å². The molecule has 0 spiro atoms. The second-order valence-corrected chi connectivity index (χ2v) is 7.44. The minimum absolute atomic E-state index is 0.184. The van der Waals surface area contributed by atoms with Gasteiger partial charge in [0.1, 0.15) is 11.6 Å². The summed E-state index contributed by atoms with van der Waals surface area (Å²) in [4.78, 5) is 11.3. The van der Waals surface area contributed by atoms with Gasteiger partial charge < -0.3 is 15.0 Å². The van der Waals surface area contributed by atoms with Crippen LogP contribution in [0.2, 0.25) is 10.0 Å². The van der Waals surface area contributed by atoms with E-state index in [2.05, 4.69) is 20.3 Å². The first kappa shape index (κ1) is 18.5. The average molecular weight is 409 g/mol. The number of imidazole rings is 1. The maximum Gasteiger partial charge on any atom is 0.215 e. The Hall–Kier alpha value is -1.89. The van der Waals surface area contributed by atoms with Crippen LogP contribution in [0, 0.1) is 5.95 Å². The van der Waals surface area contributed by atoms with E-state index in [1.54, 1.807) is 12.1 Å². The van der Waals surface area contributed by atoms with Gasteiger partial charge in [-0.1, -0.05) is 23.2 Å². The zero-order valence-electron chi connectivity index (χ0n) is 14.6. The standard InChI is InChI=1S/C19H19Cl2FN4O/c20-11-9-12-14(6-8-27-18(12)13(21)10-11)23-7-2-1-3-17-24-15-4-5-16(22)25-19(15)26-17/h4-5,9-10,14,23H,1-3,6-8H2,(H,24,25,26)/t14-/m0/s1. The quantitative estimate of drug-likeness (QED) is 0.452. The van der Waals surface area contributed by atoms with Gasteiger partial charge in [-0.15, -0.1) is 0 Å². The third-order valence-corrected chi connectivity index (χ3v) is 5.16. The zero-order chi connectivity index (χ0) is 18.8. The molecule has 3 aromatic rings. The summed E-state index contributed by atoms with van der Waals surface area (Å²) >= 11 is 12.4. The molecule has 0 saturated carbocycles. The molecular formula is C19H19Cl2FN4O. The van der Waals surface area contributed by atoms with Gasteiger partial charge in [0, 0.05) is 29.5 Å². The fraction of sp³-hybridized carbons (Fsp3) is 0.368. The molecule has 1 aliphatic heterocycles. The Balaban J connectivity index is 1.29. The molecular weight excluding hydrogens is 390 g/mol. The van der Waals surface area contributed by atoms with Gasteiger partial charge in [-0.25, -0.2) is 4.98 Å². The molecule has 0 saturated heterocycles. The molecule has 0 bridgehead atoms. The van der Waals surface area contributed by atoms with Gasteiger partial charge in [0.2, 0.25) is 5.95 Å². The van der Waals surface area contributed by atoms with Crippen LogP contribution in [0.1, 0.15) is 36.7 Å². The number of aromatic amines is 1. The normalized spacial score (nSPS) is 16.3. The molecule has 4 rings (SSSR count). The Morgan fingerprint density at radius 3 is 3.00 bits per heavy atom. The van der Waals surface area contributed by atoms with Crippen molar-refractivity contribution >= 4 is 34.4 Å². The monoisotopic (exact) mass is 408 g/mol. The molecule has 0 aliphatic carbocycles. The number of hydrogen-bond acceptors (Lipinski definition) is 4. The van der Waals surface area contributed by atoms with E-state index < -0.39 is 5.95 Å². The van der Waals surface area contributed by atoms with Crippen LogP contribution in [0.15, 0.2) is 24.3 Å². The van der Waals surface area contributed by atoms with E-state index in [1.807, 2.05) is 6.07 Å². The fourth-order valence-electron chi connectivity index (χ4n) is 3.37. The molecule has 8 heteroatoms. The molecule has 0 radical (unpaired) electrons. The number of H-pyrrole nitrogens is 1. The zero-order valence-corrected chi connectivity index (χ0v) is 16.1. The first-order valence-corrected chi connectivity index (χ1v) is 9.72. The number of aromatic nitrogens is 3. The molecule has 1 aromatic carbocycles. The molecule has 1 aliphatic rings. The number of nitrogens with one attached hydrogen (secondary N) is 2. The molecule has 0 unspecified atom stereocenters. The number of benzene rings is 1. The van der Waals surface area contributed by atoms with Gasteiger partial charge in [0.25, 0.3) is 0 Å². The molecule has 0 amide bonds. The van der Waals surface area contributed by atoms with Crippen LogP contribution in [0.4, 0.5) is 4.39 Å². The third-order valence-electron chi connectivity index (χ3n) is 4.66. The molecule has 2 N–H and O–H groups in total. The number of ether oxygens (including phenoxy) is 1. The summed E-state index contributed by atoms with van der Waals surface area (Å²) in [6.07, 6.45) is 3.62. The van der Waals surface area contributed by atoms with Gasteiger partial charge in [-0.05, 0) is 43.7 Å². The van der Waals surface area contributed by atoms with Crippen LogP contribution < -0.4 is 10.1 Å². The fourth-order valence-corrected chi connectivity index (χ4v) is 3.93. The minimum Gasteiger partial charge on any atom is -0.492 e. The summed E-state index contributed by atoms with van der Waals surface area (Å²) in [5.41, 5.74) is 2.21. The molecule has 2 aromatic heterocycles. The van der Waals surface area contributed by atoms with E-state index in [9.17, 15) is 4.39 Å². The smallest absolute Gasteiger partial charge is 0.215 e. The van der Waals surface area contributed by atoms with Crippen LogP contribution in [0.3, 0.4) is 0 Å². The molecule has 0 fully saturated rings. The minimum atomic E-state index is -0.512. The third kappa shape index (κ3) is 4.18. The van der Waals surface area contributed by atoms with Crippen molar-refractivity contribution in [2.45, 2.75) is 31.7 Å². The largest absolute Gasteiger partial charge is 0.492 e. The van der Waals surface area contributed by atoms with Crippen LogP contribution in [-0.2, 0) is 6.42 Å². The Morgan fingerprint density at radius 2 is 2.11 bits per heavy atom. The van der Waals surface area contributed by atoms with E-state index in [1.165, 1.54) is 6.07 Å². The summed E-state index contributed by atoms with van der Waals surface area (Å²) in [6.45, 7) is 1.50. The van der Waals surface area contributed by atoms with Crippen LogP contribution in [0.5, 0.6) is 5.75 Å². The van der Waals surface area contributed by atoms with Crippen molar-refractivity contribution in [3.05, 3.63) is 51.6 Å². The maximum atomic E-state index is 13.1. The van der Waals surface area contributed by atoms with Crippen LogP contribution in [-0.4, -0.2) is 28.1 Å². The van der Waals surface area contributed by atoms with E-state index in [4.69, 9.17) is 27.9 Å². The Morgan fingerprint density at radius 1 is 1.22 bits per heavy atom. The predicted octanol–water partition coefficient (Wildman–Crippen LogP) is 4.84. The average Bonchev–Trinajstić information content (AvgIpc) is 3.03. The summed E-state index contributed by atoms with van der Waals surface area (Å²) in [6, 6.07) is 6.80. The molecule has 3 heterocycles. The van der Waals surface area contributed by atoms with Crippen molar-refractivity contribution in [2.75, 3.05) is 13.2 Å². The number of hydrogen-bond donors (Lipinski definition) is 2. The number of unbranched alkanes of at least 4 members (excludes halogenated alkanes) is 1. The molecule has 1 atom stereocenters. The highest BCUT2D eigenvalue weighted by molar-refractivity contribution is 6.35. The van der Waals surface area contributed by atoms with Crippen molar-refractivity contribution in [1.82, 2.24) is 20.3 Å². The van der Waals surface area contributed by atoms with E-state index in [0.29, 0.717) is 22.3 Å². The first-order valence-electron chi connectivity index (χ1n) is 8.96. The van der Waals surface area contributed by atoms with Gasteiger partial charge in [-0.3, -0.25) is 0 Å². The second kappa shape index (κ2) is 8.00. The Bertz CT molecular complexity index is 962. The lowest BCUT2D eigenvalue weighted by Crippen LogP contribution is -2.28. The molecule has 5 nitrogen and oxygen atoms in total. The second-order valence-electron chi connectivity index (χ2n) is 6.60. The van der Waals surface area contributed by atoms with Crippen molar-refractivity contribution in [2.24, 2.45) is 0 Å². The summed E-state index contributed by atoms with van der Waals surface area (Å²) in [5.74, 6) is 1.05. The highest BCUT2D eigenvalue weighted by atomic mass is 35.5. The van der Waals surface area contributed by atoms with Crippen LogP contribution in [0.25, 0.3) is 11.2 Å². The number of aryl methyl sites for hydroxylation is 1. The van der Waals surface area contributed by atoms with Crippen molar-refractivity contribution < 1.29 is 9.13 Å². The van der Waals surface area contributed by atoms with E-state index >= 15 is 0 Å². The number of rotatable bonds is 6. The number of nitrogens with zero attached hydrogens (tertiary/aromatic N) is 2. The highest BCUT2D eigenvalue weighted by Crippen LogP contribution is 2.39. The van der Waals surface area contributed by atoms with Gasteiger partial charge in [0.05, 0.1) is 17.1 Å². The lowest BCUT2D eigenvalue weighted by atomic mass is 10.0. The summed E-state index contributed by atoms with van der Waals surface area (Å²) in [7, 11) is 0. The lowest BCUT2D eigenvalue weighted by Gasteiger charge is -2.27. The Labute approximate surface area is 166 Å². The van der Waals surface area contributed by atoms with E-state index in [0.717, 1.165) is 54.9 Å². The number of halogens is 3. The lowest BCUT2D eigenvalue weighted by molar-refractivity contribution is 0.252. The van der Waals surface area contributed by atoms with Gasteiger partial charge in [-0.2, -0.15) is 9.37 Å². The SMILES string of the molecule is Fc1ccc2[nH]c(CCCCN[C@H]3CCOc4c(Cl)cc(Cl)cc43)nc2n1. The highest BCUT2D eigenvalue weighted by Gasteiger charge is 2.23. The van der Waals surface area contributed by atoms with Gasteiger partial charge >= 0.3 is 0 Å². The topological polar surface area (TPSA) is 62.8 Å². The number of pyridine rings is 1. The molecule has 27 heavy (non-hydrogen) atoms. The molecule has 142 valence electrons. The Kier molecular flexibility index (Phi) is 5.48. The van der Waals surface area contributed by atoms with Crippen molar-refractivity contribution in [3.8, 4) is 5.75 Å². The van der Waals surface area contributed by atoms with Crippen molar-refractivity contribution in [3.63, 3.8) is 0 Å². The number of fused-ring (bicyclic) bond motifs is 2. The van der Waals surface area contributed by atoms with Gasteiger partial charge in [0.15, 0.2) is 5.65 Å². The van der Waals surface area contributed by atoms with E-state index in [-0.39, 0.29) is 6.04 Å². The predicted molar refractivity (Wildman–Crippen MR) is 104 cm³/mol. The maximum absolute atomic E-state index is 13.1. The summed E-state index contributed by atoms with van der Waals surface area (Å²) in [5, 5.41) is 4.73. The first-order chi connectivity index (χ1) is 13.1.